The third-order valence-corrected chi connectivity index (χ3v) is 5.15. The second-order valence-corrected chi connectivity index (χ2v) is 7.65. The number of nitrogen functional groups attached to an aromatic ring is 2. The maximum absolute atomic E-state index is 13.1. The summed E-state index contributed by atoms with van der Waals surface area (Å²) in [6.07, 6.45) is 0.295. The number of carboxylic acid groups (broad SMARTS) is 1. The highest BCUT2D eigenvalue weighted by molar-refractivity contribution is 5.99. The summed E-state index contributed by atoms with van der Waals surface area (Å²) in [5.74, 6) is -2.28. The van der Waals surface area contributed by atoms with E-state index in [1.807, 2.05) is 36.4 Å². The van der Waals surface area contributed by atoms with Crippen LogP contribution >= 0.6 is 0 Å². The molecule has 0 fully saturated rings. The van der Waals surface area contributed by atoms with Gasteiger partial charge in [-0.15, -0.1) is 0 Å². The third-order valence-electron chi connectivity index (χ3n) is 5.15. The number of hydrogen-bond acceptors (Lipinski definition) is 5. The van der Waals surface area contributed by atoms with Crippen LogP contribution in [-0.4, -0.2) is 35.0 Å². The first-order valence-electron chi connectivity index (χ1n) is 10.4. The Labute approximate surface area is 191 Å². The third kappa shape index (κ3) is 6.57. The highest BCUT2D eigenvalue weighted by Gasteiger charge is 2.27. The van der Waals surface area contributed by atoms with Crippen molar-refractivity contribution >= 4 is 29.2 Å². The van der Waals surface area contributed by atoms with Crippen molar-refractivity contribution in [3.63, 3.8) is 0 Å². The Hall–Kier alpha value is -4.33. The van der Waals surface area contributed by atoms with Crippen LogP contribution in [-0.2, 0) is 22.4 Å². The number of carboxylic acids is 1. The van der Waals surface area contributed by atoms with Gasteiger partial charge in [0.25, 0.3) is 5.91 Å². The molecule has 0 saturated heterocycles. The van der Waals surface area contributed by atoms with Gasteiger partial charge in [-0.3, -0.25) is 9.59 Å². The minimum absolute atomic E-state index is 0.114. The molecule has 0 aliphatic heterocycles. The van der Waals surface area contributed by atoms with Crippen molar-refractivity contribution in [2.45, 2.75) is 24.9 Å². The van der Waals surface area contributed by atoms with E-state index in [1.165, 1.54) is 18.2 Å². The van der Waals surface area contributed by atoms with Crippen molar-refractivity contribution in [3.8, 4) is 0 Å². The number of carbonyl (C=O) groups is 3. The Balaban J connectivity index is 1.79. The monoisotopic (exact) mass is 446 g/mol. The summed E-state index contributed by atoms with van der Waals surface area (Å²) in [5, 5.41) is 14.9. The molecule has 0 unspecified atom stereocenters. The number of nitrogens with two attached hydrogens (primary N) is 2. The molecule has 0 heterocycles. The van der Waals surface area contributed by atoms with Gasteiger partial charge in [0, 0.05) is 18.4 Å². The van der Waals surface area contributed by atoms with E-state index in [0.29, 0.717) is 5.69 Å². The molecular weight excluding hydrogens is 420 g/mol. The van der Waals surface area contributed by atoms with Gasteiger partial charge in [-0.2, -0.15) is 0 Å². The minimum atomic E-state index is -1.16. The van der Waals surface area contributed by atoms with Gasteiger partial charge in [-0.1, -0.05) is 60.7 Å². The summed E-state index contributed by atoms with van der Waals surface area (Å²) in [6.45, 7) is 0. The number of nitrogens with one attached hydrogen (secondary N) is 2. The fourth-order valence-corrected chi connectivity index (χ4v) is 3.34. The molecular formula is C25H26N4O4. The summed E-state index contributed by atoms with van der Waals surface area (Å²) < 4.78 is 0. The van der Waals surface area contributed by atoms with Crippen LogP contribution in [0.15, 0.2) is 78.9 Å². The minimum Gasteiger partial charge on any atom is -0.480 e. The summed E-state index contributed by atoms with van der Waals surface area (Å²) in [4.78, 5) is 37.7. The average Bonchev–Trinajstić information content (AvgIpc) is 2.81. The van der Waals surface area contributed by atoms with Gasteiger partial charge >= 0.3 is 5.97 Å². The van der Waals surface area contributed by atoms with Gasteiger partial charge in [0.1, 0.15) is 12.1 Å². The molecule has 170 valence electrons. The molecule has 3 aromatic carbocycles. The van der Waals surface area contributed by atoms with Gasteiger partial charge in [-0.25, -0.2) is 4.79 Å². The number of rotatable bonds is 9. The van der Waals surface area contributed by atoms with E-state index in [0.717, 1.165) is 11.1 Å². The van der Waals surface area contributed by atoms with Crippen LogP contribution in [0.2, 0.25) is 0 Å². The lowest BCUT2D eigenvalue weighted by atomic mass is 10.0. The zero-order valence-electron chi connectivity index (χ0n) is 17.9. The van der Waals surface area contributed by atoms with Crippen LogP contribution in [0, 0.1) is 0 Å². The standard InChI is InChI=1S/C25H26N4O4/c26-19-12-11-18(15-20(19)27)23(30)28-21(13-16-7-3-1-4-8-16)24(31)29-22(25(32)33)14-17-9-5-2-6-10-17/h1-12,15,21-22H,13-14,26-27H2,(H,28,30)(H,29,31)(H,32,33)/t21-,22-/m0/s1. The normalized spacial score (nSPS) is 12.4. The topological polar surface area (TPSA) is 148 Å². The molecule has 0 aromatic heterocycles. The van der Waals surface area contributed by atoms with Gasteiger partial charge in [0.05, 0.1) is 11.4 Å². The van der Waals surface area contributed by atoms with Crippen molar-refractivity contribution in [1.82, 2.24) is 10.6 Å². The summed E-state index contributed by atoms with van der Waals surface area (Å²) in [7, 11) is 0. The van der Waals surface area contributed by atoms with Crippen molar-refractivity contribution in [3.05, 3.63) is 95.6 Å². The quantitative estimate of drug-likeness (QED) is 0.318. The molecule has 7 N–H and O–H groups in total. The van der Waals surface area contributed by atoms with Crippen molar-refractivity contribution in [2.24, 2.45) is 0 Å². The molecule has 0 bridgehead atoms. The van der Waals surface area contributed by atoms with E-state index in [-0.39, 0.29) is 24.1 Å². The van der Waals surface area contributed by atoms with Gasteiger partial charge < -0.3 is 27.2 Å². The van der Waals surface area contributed by atoms with Crippen molar-refractivity contribution in [1.29, 1.82) is 0 Å². The summed E-state index contributed by atoms with van der Waals surface area (Å²) in [5.41, 5.74) is 13.9. The average molecular weight is 447 g/mol. The Morgan fingerprint density at radius 3 is 1.79 bits per heavy atom. The predicted molar refractivity (Wildman–Crippen MR) is 126 cm³/mol. The largest absolute Gasteiger partial charge is 0.480 e. The molecule has 8 nitrogen and oxygen atoms in total. The van der Waals surface area contributed by atoms with E-state index >= 15 is 0 Å². The number of benzene rings is 3. The van der Waals surface area contributed by atoms with Gasteiger partial charge in [0.15, 0.2) is 0 Å². The second kappa shape index (κ2) is 10.8. The molecule has 0 aliphatic carbocycles. The van der Waals surface area contributed by atoms with Gasteiger partial charge in [-0.05, 0) is 29.3 Å². The van der Waals surface area contributed by atoms with Crippen molar-refractivity contribution < 1.29 is 19.5 Å². The van der Waals surface area contributed by atoms with Crippen LogP contribution in [0.4, 0.5) is 11.4 Å². The van der Waals surface area contributed by atoms with Crippen LogP contribution in [0.1, 0.15) is 21.5 Å². The van der Waals surface area contributed by atoms with E-state index in [2.05, 4.69) is 10.6 Å². The molecule has 3 aromatic rings. The molecule has 8 heteroatoms. The predicted octanol–water partition coefficient (Wildman–Crippen LogP) is 2.00. The Morgan fingerprint density at radius 2 is 1.27 bits per heavy atom. The lowest BCUT2D eigenvalue weighted by Crippen LogP contribution is -2.53. The second-order valence-electron chi connectivity index (χ2n) is 7.65. The lowest BCUT2D eigenvalue weighted by molar-refractivity contribution is -0.142. The first-order valence-corrected chi connectivity index (χ1v) is 10.4. The Bertz CT molecular complexity index is 1120. The van der Waals surface area contributed by atoms with E-state index in [9.17, 15) is 19.5 Å². The number of amides is 2. The van der Waals surface area contributed by atoms with Crippen LogP contribution in [0.25, 0.3) is 0 Å². The number of aliphatic carboxylic acids is 1. The highest BCUT2D eigenvalue weighted by Crippen LogP contribution is 2.16. The maximum atomic E-state index is 13.1. The van der Waals surface area contributed by atoms with E-state index in [4.69, 9.17) is 11.5 Å². The molecule has 0 spiro atoms. The van der Waals surface area contributed by atoms with Crippen LogP contribution < -0.4 is 22.1 Å². The zero-order valence-corrected chi connectivity index (χ0v) is 17.9. The fraction of sp³-hybridized carbons (Fsp3) is 0.160. The number of anilines is 2. The van der Waals surface area contributed by atoms with E-state index in [1.54, 1.807) is 24.3 Å². The number of carbonyl (C=O) groups excluding carboxylic acids is 2. The lowest BCUT2D eigenvalue weighted by Gasteiger charge is -2.22. The SMILES string of the molecule is Nc1ccc(C(=O)N[C@@H](Cc2ccccc2)C(=O)N[C@@H](Cc2ccccc2)C(=O)O)cc1N. The molecule has 2 atom stereocenters. The smallest absolute Gasteiger partial charge is 0.326 e. The molecule has 0 aliphatic rings. The van der Waals surface area contributed by atoms with E-state index < -0.39 is 29.9 Å². The van der Waals surface area contributed by atoms with Crippen LogP contribution in [0.3, 0.4) is 0 Å². The summed E-state index contributed by atoms with van der Waals surface area (Å²) in [6, 6.07) is 20.4. The molecule has 2 amide bonds. The Morgan fingerprint density at radius 1 is 0.727 bits per heavy atom. The van der Waals surface area contributed by atoms with Crippen molar-refractivity contribution in [2.75, 3.05) is 11.5 Å². The highest BCUT2D eigenvalue weighted by atomic mass is 16.4. The Kier molecular flexibility index (Phi) is 7.64. The molecule has 0 saturated carbocycles. The molecule has 33 heavy (non-hydrogen) atoms. The molecule has 3 rings (SSSR count). The molecule has 0 radical (unpaired) electrons. The van der Waals surface area contributed by atoms with Gasteiger partial charge in [0.2, 0.25) is 5.91 Å². The first kappa shape index (κ1) is 23.3. The fourth-order valence-electron chi connectivity index (χ4n) is 3.34. The maximum Gasteiger partial charge on any atom is 0.326 e. The number of hydrogen-bond donors (Lipinski definition) is 5. The first-order chi connectivity index (χ1) is 15.8. The van der Waals surface area contributed by atoms with Crippen LogP contribution in [0.5, 0.6) is 0 Å². The summed E-state index contributed by atoms with van der Waals surface area (Å²) >= 11 is 0. The zero-order chi connectivity index (χ0) is 23.8.